The van der Waals surface area contributed by atoms with E-state index in [1.807, 2.05) is 0 Å². The summed E-state index contributed by atoms with van der Waals surface area (Å²) in [5.74, 6) is -4.24. The maximum Gasteiger partial charge on any atom is 0.610 e. The van der Waals surface area contributed by atoms with E-state index in [0.29, 0.717) is 5.06 Å². The van der Waals surface area contributed by atoms with E-state index in [2.05, 4.69) is 0 Å². The third-order valence-corrected chi connectivity index (χ3v) is 6.65. The standard InChI is InChI=1S/C21H16NO7P/c23-19-15-11-12-16(19)18-17(15)20(24)22(21(18)25)29-30(26,27-13-7-3-1-4-8-13)28-14-9-5-2-6-10-14/h1-12,15-18H. The molecule has 9 heteroatoms. The van der Waals surface area contributed by atoms with Gasteiger partial charge in [0.1, 0.15) is 17.3 Å². The number of para-hydroxylation sites is 2. The van der Waals surface area contributed by atoms with E-state index in [1.165, 1.54) is 24.3 Å². The predicted molar refractivity (Wildman–Crippen MR) is 103 cm³/mol. The van der Waals surface area contributed by atoms with E-state index >= 15 is 0 Å². The van der Waals surface area contributed by atoms with Gasteiger partial charge in [0, 0.05) is 11.8 Å². The average molecular weight is 425 g/mol. The Bertz CT molecular complexity index is 1020. The molecule has 0 radical (unpaired) electrons. The molecule has 1 heterocycles. The minimum atomic E-state index is -4.48. The molecule has 4 unspecified atom stereocenters. The first-order valence-corrected chi connectivity index (χ1v) is 10.8. The number of hydrogen-bond donors (Lipinski definition) is 0. The minimum absolute atomic E-state index is 0.143. The summed E-state index contributed by atoms with van der Waals surface area (Å²) < 4.78 is 29.7. The summed E-state index contributed by atoms with van der Waals surface area (Å²) in [5, 5.41) is 0.446. The molecular weight excluding hydrogens is 409 g/mol. The van der Waals surface area contributed by atoms with E-state index in [1.54, 1.807) is 48.6 Å². The maximum absolute atomic E-state index is 13.5. The molecule has 2 aromatic rings. The SMILES string of the molecule is O=C1C2C=CC1C1C(=O)N(OP(=O)(Oc3ccccc3)Oc3ccccc3)C(=O)C21. The highest BCUT2D eigenvalue weighted by Crippen LogP contribution is 2.55. The summed E-state index contributed by atoms with van der Waals surface area (Å²) in [6, 6.07) is 16.3. The van der Waals surface area contributed by atoms with E-state index in [-0.39, 0.29) is 17.3 Å². The van der Waals surface area contributed by atoms with Gasteiger partial charge in [-0.1, -0.05) is 48.6 Å². The van der Waals surface area contributed by atoms with Crippen LogP contribution in [0.2, 0.25) is 0 Å². The number of ketones is 1. The Morgan fingerprint density at radius 2 is 1.13 bits per heavy atom. The van der Waals surface area contributed by atoms with Crippen LogP contribution in [0.4, 0.5) is 0 Å². The van der Waals surface area contributed by atoms with Crippen LogP contribution in [-0.2, 0) is 23.6 Å². The molecule has 30 heavy (non-hydrogen) atoms. The van der Waals surface area contributed by atoms with Crippen LogP contribution in [0.1, 0.15) is 0 Å². The topological polar surface area (TPSA) is 99.2 Å². The molecular formula is C21H16NO7P. The van der Waals surface area contributed by atoms with Crippen molar-refractivity contribution in [3.63, 3.8) is 0 Å². The molecule has 2 bridgehead atoms. The molecule has 2 fully saturated rings. The second-order valence-corrected chi connectivity index (χ2v) is 8.62. The van der Waals surface area contributed by atoms with Crippen molar-refractivity contribution in [1.82, 2.24) is 5.06 Å². The van der Waals surface area contributed by atoms with Crippen LogP contribution < -0.4 is 9.05 Å². The van der Waals surface area contributed by atoms with Gasteiger partial charge in [0.15, 0.2) is 0 Å². The third-order valence-electron chi connectivity index (χ3n) is 5.42. The van der Waals surface area contributed by atoms with Crippen LogP contribution in [0.3, 0.4) is 0 Å². The number of phosphoric ester groups is 1. The number of carbonyl (C=O) groups is 3. The molecule has 5 rings (SSSR count). The first-order valence-electron chi connectivity index (χ1n) is 9.36. The fourth-order valence-corrected chi connectivity index (χ4v) is 5.36. The number of rotatable bonds is 6. The molecule has 1 aliphatic heterocycles. The summed E-state index contributed by atoms with van der Waals surface area (Å²) in [5.41, 5.74) is 0. The quantitative estimate of drug-likeness (QED) is 0.398. The summed E-state index contributed by atoms with van der Waals surface area (Å²) in [7, 11) is -4.48. The average Bonchev–Trinajstić information content (AvgIpc) is 3.33. The van der Waals surface area contributed by atoms with Crippen molar-refractivity contribution in [3.8, 4) is 11.5 Å². The second-order valence-electron chi connectivity index (χ2n) is 7.20. The van der Waals surface area contributed by atoms with Crippen LogP contribution in [0.25, 0.3) is 0 Å². The van der Waals surface area contributed by atoms with Gasteiger partial charge in [-0.25, -0.2) is 4.57 Å². The number of hydroxylamine groups is 2. The van der Waals surface area contributed by atoms with Gasteiger partial charge in [0.2, 0.25) is 0 Å². The Morgan fingerprint density at radius 1 is 0.700 bits per heavy atom. The lowest BCUT2D eigenvalue weighted by atomic mass is 9.85. The molecule has 2 aliphatic carbocycles. The first-order chi connectivity index (χ1) is 14.5. The number of Topliss-reactive ketones (excluding diaryl/α,β-unsaturated/α-hetero) is 1. The number of amides is 2. The lowest BCUT2D eigenvalue weighted by Crippen LogP contribution is -2.34. The third kappa shape index (κ3) is 2.96. The van der Waals surface area contributed by atoms with Gasteiger partial charge in [-0.3, -0.25) is 14.4 Å². The fraction of sp³-hybridized carbons (Fsp3) is 0.190. The van der Waals surface area contributed by atoms with Crippen molar-refractivity contribution in [2.75, 3.05) is 0 Å². The smallest absolute Gasteiger partial charge is 0.394 e. The van der Waals surface area contributed by atoms with Gasteiger partial charge in [0.25, 0.3) is 11.8 Å². The molecule has 3 aliphatic rings. The Morgan fingerprint density at radius 3 is 1.57 bits per heavy atom. The molecule has 2 aromatic carbocycles. The first kappa shape index (κ1) is 18.8. The van der Waals surface area contributed by atoms with Crippen LogP contribution in [-0.4, -0.2) is 22.7 Å². The van der Waals surface area contributed by atoms with Gasteiger partial charge >= 0.3 is 7.82 Å². The highest BCUT2D eigenvalue weighted by Gasteiger charge is 2.65. The Hall–Kier alpha value is -3.22. The number of hydrogen-bond acceptors (Lipinski definition) is 7. The minimum Gasteiger partial charge on any atom is -0.394 e. The number of imide groups is 1. The fourth-order valence-electron chi connectivity index (χ4n) is 4.14. The number of benzene rings is 2. The van der Waals surface area contributed by atoms with Crippen molar-refractivity contribution >= 4 is 25.4 Å². The lowest BCUT2D eigenvalue weighted by Gasteiger charge is -2.23. The predicted octanol–water partition coefficient (Wildman–Crippen LogP) is 3.17. The largest absolute Gasteiger partial charge is 0.610 e. The summed E-state index contributed by atoms with van der Waals surface area (Å²) in [6.45, 7) is 0. The number of nitrogens with zero attached hydrogens (tertiary/aromatic N) is 1. The number of fused-ring (bicyclic) bond motifs is 5. The van der Waals surface area contributed by atoms with E-state index in [4.69, 9.17) is 13.7 Å². The van der Waals surface area contributed by atoms with Gasteiger partial charge < -0.3 is 9.05 Å². The monoisotopic (exact) mass is 425 g/mol. The number of phosphoric acid groups is 1. The zero-order valence-electron chi connectivity index (χ0n) is 15.5. The van der Waals surface area contributed by atoms with E-state index in [0.717, 1.165) is 0 Å². The van der Waals surface area contributed by atoms with Crippen molar-refractivity contribution < 1.29 is 32.6 Å². The molecule has 0 aromatic heterocycles. The molecule has 0 spiro atoms. The molecule has 4 atom stereocenters. The molecule has 1 saturated heterocycles. The Labute approximate surface area is 171 Å². The summed E-state index contributed by atoms with van der Waals surface area (Å²) in [4.78, 5) is 38.0. The Balaban J connectivity index is 1.44. The van der Waals surface area contributed by atoms with Crippen molar-refractivity contribution in [3.05, 3.63) is 72.8 Å². The van der Waals surface area contributed by atoms with Crippen LogP contribution in [0.5, 0.6) is 11.5 Å². The molecule has 1 saturated carbocycles. The van der Waals surface area contributed by atoms with Crippen LogP contribution in [0, 0.1) is 23.7 Å². The van der Waals surface area contributed by atoms with E-state index < -0.39 is 43.3 Å². The Kier molecular flexibility index (Phi) is 4.34. The van der Waals surface area contributed by atoms with Crippen molar-refractivity contribution in [2.45, 2.75) is 0 Å². The van der Waals surface area contributed by atoms with Gasteiger partial charge in [-0.15, -0.1) is 9.69 Å². The zero-order chi connectivity index (χ0) is 20.9. The normalized spacial score (nSPS) is 26.9. The molecule has 8 nitrogen and oxygen atoms in total. The maximum atomic E-state index is 13.5. The van der Waals surface area contributed by atoms with Crippen LogP contribution in [0.15, 0.2) is 72.8 Å². The highest BCUT2D eigenvalue weighted by molar-refractivity contribution is 7.49. The molecule has 152 valence electrons. The van der Waals surface area contributed by atoms with Gasteiger partial charge in [-0.2, -0.15) is 0 Å². The van der Waals surface area contributed by atoms with Gasteiger partial charge in [0.05, 0.1) is 11.8 Å². The zero-order valence-corrected chi connectivity index (χ0v) is 16.4. The second kappa shape index (κ2) is 6.93. The summed E-state index contributed by atoms with van der Waals surface area (Å²) >= 11 is 0. The molecule has 2 amide bonds. The lowest BCUT2D eigenvalue weighted by molar-refractivity contribution is -0.170. The molecule has 0 N–H and O–H groups in total. The van der Waals surface area contributed by atoms with E-state index in [9.17, 15) is 18.9 Å². The van der Waals surface area contributed by atoms with Crippen molar-refractivity contribution in [2.24, 2.45) is 23.7 Å². The van der Waals surface area contributed by atoms with Crippen molar-refractivity contribution in [1.29, 1.82) is 0 Å². The highest BCUT2D eigenvalue weighted by atomic mass is 31.2. The van der Waals surface area contributed by atoms with Gasteiger partial charge in [-0.05, 0) is 24.3 Å². The summed E-state index contributed by atoms with van der Waals surface area (Å²) in [6.07, 6.45) is 3.28. The number of allylic oxidation sites excluding steroid dienone is 2. The van der Waals surface area contributed by atoms with Crippen LogP contribution >= 0.6 is 7.82 Å². The number of carbonyl (C=O) groups excluding carboxylic acids is 3.